The van der Waals surface area contributed by atoms with Crippen LogP contribution in [0.4, 0.5) is 4.79 Å². The number of carbonyl (C=O) groups excluding carboxylic acids is 1. The molecule has 0 bridgehead atoms. The first-order valence-corrected chi connectivity index (χ1v) is 3.24. The number of carbonyl (C=O) groups is 1. The van der Waals surface area contributed by atoms with Crippen molar-refractivity contribution in [3.8, 4) is 0 Å². The maximum Gasteiger partial charge on any atom is 0.350 e. The summed E-state index contributed by atoms with van der Waals surface area (Å²) in [5.74, 6) is 0. The molecule has 1 rings (SSSR count). The van der Waals surface area contributed by atoms with E-state index in [1.54, 1.807) is 6.92 Å². The Bertz CT molecular complexity index is 220. The Morgan fingerprint density at radius 1 is 1.82 bits per heavy atom. The molecule has 0 atom stereocenters. The van der Waals surface area contributed by atoms with Gasteiger partial charge in [-0.1, -0.05) is 0 Å². The van der Waals surface area contributed by atoms with Gasteiger partial charge >= 0.3 is 6.03 Å². The molecule has 0 spiro atoms. The largest absolute Gasteiger partial charge is 0.350 e. The normalized spacial score (nSPS) is 9.55. The van der Waals surface area contributed by atoms with Gasteiger partial charge in [-0.2, -0.15) is 0 Å². The van der Waals surface area contributed by atoms with E-state index in [0.29, 0.717) is 6.61 Å². The van der Waals surface area contributed by atoms with Crippen molar-refractivity contribution >= 4 is 6.03 Å². The van der Waals surface area contributed by atoms with Gasteiger partial charge in [0.05, 0.1) is 6.61 Å². The summed E-state index contributed by atoms with van der Waals surface area (Å²) in [6, 6.07) is -0.343. The summed E-state index contributed by atoms with van der Waals surface area (Å²) < 4.78 is 1.29. The summed E-state index contributed by atoms with van der Waals surface area (Å²) in [6.45, 7) is 2.23. The molecule has 11 heavy (non-hydrogen) atoms. The van der Waals surface area contributed by atoms with Gasteiger partial charge in [0.2, 0.25) is 0 Å². The van der Waals surface area contributed by atoms with Gasteiger partial charge in [0, 0.05) is 12.4 Å². The first-order valence-electron chi connectivity index (χ1n) is 3.24. The molecular weight excluding hydrogens is 146 g/mol. The lowest BCUT2D eigenvalue weighted by molar-refractivity contribution is 0.0712. The molecule has 0 aromatic carbocycles. The van der Waals surface area contributed by atoms with Crippen LogP contribution >= 0.6 is 0 Å². The molecule has 0 saturated heterocycles. The predicted molar refractivity (Wildman–Crippen MR) is 37.8 cm³/mol. The maximum absolute atomic E-state index is 11.0. The van der Waals surface area contributed by atoms with Crippen molar-refractivity contribution in [3.05, 3.63) is 18.7 Å². The molecule has 1 aromatic rings. The van der Waals surface area contributed by atoms with Gasteiger partial charge in [0.25, 0.3) is 0 Å². The van der Waals surface area contributed by atoms with Crippen LogP contribution in [0.1, 0.15) is 6.92 Å². The van der Waals surface area contributed by atoms with Crippen LogP contribution in [0.2, 0.25) is 0 Å². The van der Waals surface area contributed by atoms with E-state index in [-0.39, 0.29) is 6.03 Å². The minimum atomic E-state index is -0.343. The minimum Gasteiger partial charge on any atom is -0.272 e. The summed E-state index contributed by atoms with van der Waals surface area (Å²) in [7, 11) is 0. The first-order chi connectivity index (χ1) is 5.34. The monoisotopic (exact) mass is 155 g/mol. The fourth-order valence-electron chi connectivity index (χ4n) is 0.566. The van der Waals surface area contributed by atoms with Gasteiger partial charge < -0.3 is 0 Å². The summed E-state index contributed by atoms with van der Waals surface area (Å²) in [5.41, 5.74) is 2.22. The van der Waals surface area contributed by atoms with Crippen molar-refractivity contribution in [2.45, 2.75) is 6.92 Å². The summed E-state index contributed by atoms with van der Waals surface area (Å²) in [5, 5.41) is 0. The van der Waals surface area contributed by atoms with Crippen LogP contribution in [0, 0.1) is 0 Å². The molecule has 0 aliphatic rings. The van der Waals surface area contributed by atoms with E-state index in [1.165, 1.54) is 23.3 Å². The second-order valence-corrected chi connectivity index (χ2v) is 1.81. The molecular formula is C6H9N3O2. The van der Waals surface area contributed by atoms with Gasteiger partial charge in [0.15, 0.2) is 0 Å². The number of aromatic nitrogens is 2. The van der Waals surface area contributed by atoms with Gasteiger partial charge in [-0.15, -0.1) is 0 Å². The number of nitrogens with one attached hydrogen (secondary N) is 1. The lowest BCUT2D eigenvalue weighted by Gasteiger charge is -2.01. The minimum absolute atomic E-state index is 0.343. The van der Waals surface area contributed by atoms with Crippen LogP contribution in [-0.4, -0.2) is 22.2 Å². The van der Waals surface area contributed by atoms with E-state index >= 15 is 0 Å². The lowest BCUT2D eigenvalue weighted by atomic mass is 10.8. The highest BCUT2D eigenvalue weighted by Gasteiger charge is 1.99. The zero-order valence-electron chi connectivity index (χ0n) is 6.15. The number of amides is 1. The van der Waals surface area contributed by atoms with E-state index in [4.69, 9.17) is 0 Å². The van der Waals surface area contributed by atoms with Crippen molar-refractivity contribution in [3.63, 3.8) is 0 Å². The smallest absolute Gasteiger partial charge is 0.272 e. The molecule has 0 unspecified atom stereocenters. The van der Waals surface area contributed by atoms with Crippen molar-refractivity contribution in [2.24, 2.45) is 0 Å². The number of imidazole rings is 1. The Balaban J connectivity index is 2.43. The van der Waals surface area contributed by atoms with Crippen molar-refractivity contribution in [1.82, 2.24) is 15.0 Å². The zero-order chi connectivity index (χ0) is 8.10. The average molecular weight is 155 g/mol. The molecule has 1 amide bonds. The molecule has 0 radical (unpaired) electrons. The molecule has 0 aliphatic carbocycles. The lowest BCUT2D eigenvalue weighted by Crippen LogP contribution is -2.27. The number of hydroxylamine groups is 1. The molecule has 60 valence electrons. The Hall–Kier alpha value is -1.36. The number of rotatable bonds is 2. The summed E-state index contributed by atoms with van der Waals surface area (Å²) in [6.07, 6.45) is 4.45. The van der Waals surface area contributed by atoms with Gasteiger partial charge in [0.1, 0.15) is 6.33 Å². The van der Waals surface area contributed by atoms with E-state index in [1.807, 2.05) is 0 Å². The number of hydrogen-bond acceptors (Lipinski definition) is 3. The Morgan fingerprint density at radius 2 is 2.64 bits per heavy atom. The zero-order valence-corrected chi connectivity index (χ0v) is 6.15. The van der Waals surface area contributed by atoms with Crippen LogP contribution < -0.4 is 5.48 Å². The highest BCUT2D eigenvalue weighted by atomic mass is 16.7. The van der Waals surface area contributed by atoms with Crippen LogP contribution in [0.15, 0.2) is 18.7 Å². The molecule has 1 N–H and O–H groups in total. The quantitative estimate of drug-likeness (QED) is 0.628. The number of nitrogens with zero attached hydrogens (tertiary/aromatic N) is 2. The van der Waals surface area contributed by atoms with Crippen LogP contribution in [0.5, 0.6) is 0 Å². The third kappa shape index (κ3) is 2.05. The van der Waals surface area contributed by atoms with Gasteiger partial charge in [-0.3, -0.25) is 9.40 Å². The third-order valence-electron chi connectivity index (χ3n) is 1.04. The second-order valence-electron chi connectivity index (χ2n) is 1.81. The Kier molecular flexibility index (Phi) is 2.62. The molecule has 1 heterocycles. The molecule has 1 aromatic heterocycles. The van der Waals surface area contributed by atoms with Crippen molar-refractivity contribution < 1.29 is 9.63 Å². The molecule has 0 saturated carbocycles. The second kappa shape index (κ2) is 3.72. The molecule has 0 fully saturated rings. The van der Waals surface area contributed by atoms with E-state index in [9.17, 15) is 4.79 Å². The maximum atomic E-state index is 11.0. The van der Waals surface area contributed by atoms with E-state index in [0.717, 1.165) is 0 Å². The van der Waals surface area contributed by atoms with Crippen LogP contribution in [0.3, 0.4) is 0 Å². The van der Waals surface area contributed by atoms with Crippen molar-refractivity contribution in [2.75, 3.05) is 6.61 Å². The Morgan fingerprint density at radius 3 is 3.18 bits per heavy atom. The van der Waals surface area contributed by atoms with Gasteiger partial charge in [-0.25, -0.2) is 15.3 Å². The fourth-order valence-corrected chi connectivity index (χ4v) is 0.566. The molecule has 0 aliphatic heterocycles. The molecule has 5 nitrogen and oxygen atoms in total. The topological polar surface area (TPSA) is 56.1 Å². The van der Waals surface area contributed by atoms with Gasteiger partial charge in [-0.05, 0) is 6.92 Å². The average Bonchev–Trinajstić information content (AvgIpc) is 2.52. The SMILES string of the molecule is CCONC(=O)n1ccnc1. The van der Waals surface area contributed by atoms with Crippen molar-refractivity contribution in [1.29, 1.82) is 0 Å². The molecule has 5 heteroatoms. The summed E-state index contributed by atoms with van der Waals surface area (Å²) in [4.78, 5) is 19.3. The summed E-state index contributed by atoms with van der Waals surface area (Å²) >= 11 is 0. The van der Waals surface area contributed by atoms with E-state index < -0.39 is 0 Å². The van der Waals surface area contributed by atoms with E-state index in [2.05, 4.69) is 15.3 Å². The highest BCUT2D eigenvalue weighted by Crippen LogP contribution is 1.83. The fraction of sp³-hybridized carbons (Fsp3) is 0.333. The Labute approximate surface area is 63.9 Å². The van der Waals surface area contributed by atoms with Crippen LogP contribution in [0.25, 0.3) is 0 Å². The first kappa shape index (κ1) is 7.74. The number of hydrogen-bond donors (Lipinski definition) is 1. The highest BCUT2D eigenvalue weighted by molar-refractivity contribution is 5.75. The predicted octanol–water partition coefficient (Wildman–Crippen LogP) is 0.392. The third-order valence-corrected chi connectivity index (χ3v) is 1.04. The standard InChI is InChI=1S/C6H9N3O2/c1-2-11-8-6(10)9-4-3-7-5-9/h3-5H,2H2,1H3,(H,8,10). The van der Waals surface area contributed by atoms with Crippen LogP contribution in [-0.2, 0) is 4.84 Å².